The molecule has 0 aliphatic rings. The number of methoxy groups -OCH3 is 1. The first-order valence-electron chi connectivity index (χ1n) is 11.4. The number of nitrogens with zero attached hydrogens (tertiary/aromatic N) is 2. The lowest BCUT2D eigenvalue weighted by molar-refractivity contribution is -0.138. The Labute approximate surface area is 223 Å². The van der Waals surface area contributed by atoms with Crippen LogP contribution in [0.1, 0.15) is 28.9 Å². The van der Waals surface area contributed by atoms with Crippen LogP contribution < -0.4 is 14.2 Å². The van der Waals surface area contributed by atoms with Crippen molar-refractivity contribution in [2.75, 3.05) is 7.11 Å². The van der Waals surface area contributed by atoms with E-state index in [0.717, 1.165) is 23.2 Å². The van der Waals surface area contributed by atoms with Crippen LogP contribution >= 0.6 is 12.4 Å². The Balaban J connectivity index is 0.00000400. The lowest BCUT2D eigenvalue weighted by atomic mass is 10.1. The average molecular weight is 551 g/mol. The van der Waals surface area contributed by atoms with Crippen LogP contribution in [0.2, 0.25) is 0 Å². The Morgan fingerprint density at radius 3 is 2.47 bits per heavy atom. The van der Waals surface area contributed by atoms with Crippen molar-refractivity contribution < 1.29 is 37.3 Å². The molecule has 0 amide bonds. The first-order chi connectivity index (χ1) is 17.6. The number of carboxylic acids is 1. The van der Waals surface area contributed by atoms with E-state index in [1.165, 1.54) is 12.1 Å². The van der Waals surface area contributed by atoms with Gasteiger partial charge in [-0.1, -0.05) is 18.2 Å². The number of fused-ring (bicyclic) bond motifs is 1. The molecule has 0 fully saturated rings. The van der Waals surface area contributed by atoms with Gasteiger partial charge in [0.1, 0.15) is 36.3 Å². The molecular weight excluding hydrogens is 525 g/mol. The van der Waals surface area contributed by atoms with E-state index in [1.807, 2.05) is 29.8 Å². The van der Waals surface area contributed by atoms with Gasteiger partial charge in [0.15, 0.2) is 0 Å². The summed E-state index contributed by atoms with van der Waals surface area (Å²) in [6.45, 7) is 0.0229. The third kappa shape index (κ3) is 6.89. The van der Waals surface area contributed by atoms with Crippen molar-refractivity contribution in [1.29, 1.82) is 0 Å². The zero-order valence-corrected chi connectivity index (χ0v) is 21.4. The minimum Gasteiger partial charge on any atom is -0.497 e. The summed E-state index contributed by atoms with van der Waals surface area (Å²) >= 11 is 0. The van der Waals surface area contributed by atoms with Crippen molar-refractivity contribution in [3.63, 3.8) is 0 Å². The highest BCUT2D eigenvalue weighted by atomic mass is 35.5. The topological polar surface area (TPSA) is 82.8 Å². The zero-order chi connectivity index (χ0) is 26.6. The molecule has 38 heavy (non-hydrogen) atoms. The van der Waals surface area contributed by atoms with Gasteiger partial charge in [-0.15, -0.1) is 12.4 Å². The molecule has 1 aromatic heterocycles. The van der Waals surface area contributed by atoms with Crippen molar-refractivity contribution in [1.82, 2.24) is 9.55 Å². The van der Waals surface area contributed by atoms with Gasteiger partial charge in [-0.25, -0.2) is 4.98 Å². The number of ether oxygens (including phenoxy) is 3. The van der Waals surface area contributed by atoms with Crippen LogP contribution in [0.15, 0.2) is 60.7 Å². The number of benzene rings is 3. The smallest absolute Gasteiger partial charge is 0.416 e. The number of carboxylic acid groups (broad SMARTS) is 1. The first kappa shape index (κ1) is 28.6. The Morgan fingerprint density at radius 2 is 1.76 bits per heavy atom. The quantitative estimate of drug-likeness (QED) is 0.253. The molecule has 0 atom stereocenters. The van der Waals surface area contributed by atoms with E-state index in [9.17, 15) is 18.0 Å². The SMILES string of the molecule is COc1ccc2nc(COc3ccc(CCC(=O)O)c(OCc4cccc(C(F)(F)F)c4)c3)n(C)c2c1.Cl. The molecule has 11 heteroatoms. The molecule has 0 aliphatic heterocycles. The molecule has 0 unspecified atom stereocenters. The van der Waals surface area contributed by atoms with Crippen LogP contribution in [0.3, 0.4) is 0 Å². The fourth-order valence-electron chi connectivity index (χ4n) is 3.83. The second-order valence-electron chi connectivity index (χ2n) is 8.38. The number of imidazole rings is 1. The number of rotatable bonds is 10. The van der Waals surface area contributed by atoms with Crippen LogP contribution in [0.5, 0.6) is 17.2 Å². The molecule has 0 aliphatic carbocycles. The van der Waals surface area contributed by atoms with Gasteiger partial charge >= 0.3 is 12.1 Å². The van der Waals surface area contributed by atoms with Gasteiger partial charge < -0.3 is 23.9 Å². The predicted octanol–water partition coefficient (Wildman–Crippen LogP) is 6.20. The van der Waals surface area contributed by atoms with Crippen molar-refractivity contribution in [2.45, 2.75) is 32.2 Å². The Bertz CT molecular complexity index is 1420. The first-order valence-corrected chi connectivity index (χ1v) is 11.4. The van der Waals surface area contributed by atoms with Gasteiger partial charge in [0.2, 0.25) is 0 Å². The predicted molar refractivity (Wildman–Crippen MR) is 137 cm³/mol. The fourth-order valence-corrected chi connectivity index (χ4v) is 3.83. The summed E-state index contributed by atoms with van der Waals surface area (Å²) in [5.74, 6) is 1.20. The maximum absolute atomic E-state index is 13.1. The molecule has 0 saturated carbocycles. The molecular formula is C27H26ClF3N2O5. The van der Waals surface area contributed by atoms with Gasteiger partial charge in [-0.05, 0) is 47.9 Å². The highest BCUT2D eigenvalue weighted by molar-refractivity contribution is 5.85. The maximum Gasteiger partial charge on any atom is 0.416 e. The minimum atomic E-state index is -4.46. The molecule has 0 saturated heterocycles. The molecule has 7 nitrogen and oxygen atoms in total. The molecule has 4 rings (SSSR count). The van der Waals surface area contributed by atoms with Gasteiger partial charge in [0.25, 0.3) is 0 Å². The minimum absolute atomic E-state index is 0. The second-order valence-corrected chi connectivity index (χ2v) is 8.38. The number of hydrogen-bond donors (Lipinski definition) is 1. The summed E-state index contributed by atoms with van der Waals surface area (Å²) in [5.41, 5.74) is 1.84. The molecule has 1 N–H and O–H groups in total. The molecule has 3 aromatic carbocycles. The zero-order valence-electron chi connectivity index (χ0n) is 20.6. The van der Waals surface area contributed by atoms with E-state index in [-0.39, 0.29) is 38.5 Å². The molecule has 1 heterocycles. The molecule has 0 radical (unpaired) electrons. The molecule has 4 aromatic rings. The van der Waals surface area contributed by atoms with Gasteiger partial charge in [0, 0.05) is 25.6 Å². The largest absolute Gasteiger partial charge is 0.497 e. The van der Waals surface area contributed by atoms with E-state index in [2.05, 4.69) is 4.98 Å². The molecule has 0 spiro atoms. The third-order valence-corrected chi connectivity index (χ3v) is 5.84. The standard InChI is InChI=1S/C27H25F3N2O5.ClH/c1-32-23-13-20(35-2)9-10-22(23)31-25(32)16-36-21-8-6-18(7-11-26(33)34)24(14-21)37-15-17-4-3-5-19(12-17)27(28,29)30;/h3-6,8-10,12-14H,7,11,15-16H2,1-2H3,(H,33,34);1H. The Morgan fingerprint density at radius 1 is 1.00 bits per heavy atom. The monoisotopic (exact) mass is 550 g/mol. The third-order valence-electron chi connectivity index (χ3n) is 5.84. The van der Waals surface area contributed by atoms with Crippen molar-refractivity contribution in [3.05, 3.63) is 83.2 Å². The van der Waals surface area contributed by atoms with Crippen LogP contribution in [0, 0.1) is 0 Å². The summed E-state index contributed by atoms with van der Waals surface area (Å²) < 4.78 is 58.1. The van der Waals surface area contributed by atoms with Crippen LogP contribution in [-0.4, -0.2) is 27.7 Å². The van der Waals surface area contributed by atoms with Crippen LogP contribution in [0.25, 0.3) is 11.0 Å². The summed E-state index contributed by atoms with van der Waals surface area (Å²) in [6, 6.07) is 15.4. The summed E-state index contributed by atoms with van der Waals surface area (Å²) in [6.07, 6.45) is -4.39. The number of aryl methyl sites for hydroxylation is 2. The fraction of sp³-hybridized carbons (Fsp3) is 0.259. The number of carbonyl (C=O) groups is 1. The normalized spacial score (nSPS) is 11.2. The van der Waals surface area contributed by atoms with E-state index in [4.69, 9.17) is 19.3 Å². The van der Waals surface area contributed by atoms with Gasteiger partial charge in [0.05, 0.1) is 23.7 Å². The van der Waals surface area contributed by atoms with E-state index < -0.39 is 17.7 Å². The molecule has 0 bridgehead atoms. The number of hydrogen-bond acceptors (Lipinski definition) is 5. The Kier molecular flexibility index (Phi) is 9.11. The van der Waals surface area contributed by atoms with Crippen molar-refractivity contribution in [2.24, 2.45) is 7.05 Å². The number of halogens is 4. The van der Waals surface area contributed by atoms with E-state index in [1.54, 1.807) is 25.3 Å². The van der Waals surface area contributed by atoms with Crippen molar-refractivity contribution in [3.8, 4) is 17.2 Å². The van der Waals surface area contributed by atoms with Gasteiger partial charge in [-0.2, -0.15) is 13.2 Å². The molecule has 202 valence electrons. The van der Waals surface area contributed by atoms with Crippen LogP contribution in [0.4, 0.5) is 13.2 Å². The number of aromatic nitrogens is 2. The van der Waals surface area contributed by atoms with E-state index >= 15 is 0 Å². The summed E-state index contributed by atoms with van der Waals surface area (Å²) in [4.78, 5) is 15.7. The highest BCUT2D eigenvalue weighted by Gasteiger charge is 2.30. The lowest BCUT2D eigenvalue weighted by Gasteiger charge is -2.15. The summed E-state index contributed by atoms with van der Waals surface area (Å²) in [5, 5.41) is 9.07. The van der Waals surface area contributed by atoms with Crippen molar-refractivity contribution >= 4 is 29.4 Å². The highest BCUT2D eigenvalue weighted by Crippen LogP contribution is 2.31. The Hall–Kier alpha value is -3.92. The average Bonchev–Trinajstić information content (AvgIpc) is 3.19. The van der Waals surface area contributed by atoms with E-state index in [0.29, 0.717) is 34.2 Å². The summed E-state index contributed by atoms with van der Waals surface area (Å²) in [7, 11) is 3.46. The van der Waals surface area contributed by atoms with Crippen LogP contribution in [-0.2, 0) is 37.7 Å². The number of alkyl halides is 3. The number of aliphatic carboxylic acids is 1. The maximum atomic E-state index is 13.1. The van der Waals surface area contributed by atoms with Gasteiger partial charge in [-0.3, -0.25) is 4.79 Å². The second kappa shape index (κ2) is 12.1. The lowest BCUT2D eigenvalue weighted by Crippen LogP contribution is -2.07.